The minimum absolute atomic E-state index is 0.450. The van der Waals surface area contributed by atoms with Crippen molar-refractivity contribution in [2.24, 2.45) is 0 Å². The highest BCUT2D eigenvalue weighted by atomic mass is 35.5. The molecular weight excluding hydrogens is 412 g/mol. The number of hydrogen-bond donors (Lipinski definition) is 0. The molecule has 0 N–H and O–H groups in total. The molecule has 0 aliphatic heterocycles. The van der Waals surface area contributed by atoms with Crippen LogP contribution in [-0.2, 0) is 13.1 Å². The maximum atomic E-state index is 6.23. The highest BCUT2D eigenvalue weighted by Gasteiger charge is 2.16. The van der Waals surface area contributed by atoms with Crippen molar-refractivity contribution in [3.8, 4) is 21.3 Å². The van der Waals surface area contributed by atoms with Crippen LogP contribution in [-0.4, -0.2) is 26.6 Å². The molecule has 0 spiro atoms. The molecule has 0 bridgehead atoms. The summed E-state index contributed by atoms with van der Waals surface area (Å²) >= 11 is 9.63. The van der Waals surface area contributed by atoms with Crippen molar-refractivity contribution in [2.75, 3.05) is 6.54 Å². The highest BCUT2D eigenvalue weighted by molar-refractivity contribution is 7.20. The summed E-state index contributed by atoms with van der Waals surface area (Å²) in [4.78, 5) is 8.27. The number of thiophene rings is 1. The molecule has 0 radical (unpaired) electrons. The first-order valence-electron chi connectivity index (χ1n) is 9.01. The van der Waals surface area contributed by atoms with Crippen LogP contribution >= 0.6 is 34.3 Å². The Hall–Kier alpha value is -2.06. The van der Waals surface area contributed by atoms with Gasteiger partial charge in [0.25, 0.3) is 0 Å². The number of nitrogens with zero attached hydrogens (tertiary/aromatic N) is 4. The summed E-state index contributed by atoms with van der Waals surface area (Å²) in [7, 11) is 0. The molecule has 4 aromatic rings. The third-order valence-electron chi connectivity index (χ3n) is 4.14. The van der Waals surface area contributed by atoms with Gasteiger partial charge in [-0.15, -0.1) is 32.9 Å². The van der Waals surface area contributed by atoms with E-state index < -0.39 is 0 Å². The van der Waals surface area contributed by atoms with Crippen LogP contribution in [0.5, 0.6) is 0 Å². The molecule has 4 rings (SSSR count). The van der Waals surface area contributed by atoms with Crippen LogP contribution in [0.15, 0.2) is 51.6 Å². The predicted molar refractivity (Wildman–Crippen MR) is 115 cm³/mol. The lowest BCUT2D eigenvalue weighted by molar-refractivity contribution is 0.230. The zero-order valence-corrected chi connectivity index (χ0v) is 17.7. The van der Waals surface area contributed by atoms with E-state index in [9.17, 15) is 0 Å². The molecule has 3 aromatic heterocycles. The molecule has 0 amide bonds. The average Bonchev–Trinajstić information content (AvgIpc) is 3.44. The molecule has 0 aliphatic rings. The van der Waals surface area contributed by atoms with E-state index in [4.69, 9.17) is 21.0 Å². The topological polar surface area (TPSA) is 55.1 Å². The normalized spacial score (nSPS) is 11.4. The van der Waals surface area contributed by atoms with Gasteiger partial charge in [-0.25, -0.2) is 4.98 Å². The van der Waals surface area contributed by atoms with Crippen molar-refractivity contribution in [3.05, 3.63) is 63.8 Å². The summed E-state index contributed by atoms with van der Waals surface area (Å²) in [6, 6.07) is 11.6. The Kier molecular flexibility index (Phi) is 6.17. The van der Waals surface area contributed by atoms with E-state index in [2.05, 4.69) is 44.9 Å². The maximum Gasteiger partial charge on any atom is 0.249 e. The van der Waals surface area contributed by atoms with E-state index >= 15 is 0 Å². The van der Waals surface area contributed by atoms with E-state index in [1.807, 2.05) is 24.3 Å². The molecule has 8 heteroatoms. The van der Waals surface area contributed by atoms with Gasteiger partial charge < -0.3 is 4.42 Å². The van der Waals surface area contributed by atoms with Gasteiger partial charge in [-0.05, 0) is 36.5 Å². The standard InChI is InChI=1S/C20H19ClN4OS2/c1-2-9-25(11-14-13-28-20(22-14)17-8-5-10-27-17)12-18-23-24-19(26-18)15-6-3-4-7-16(15)21/h3-8,10,13H,2,9,11-12H2,1H3. The van der Waals surface area contributed by atoms with Crippen LogP contribution in [0.4, 0.5) is 0 Å². The zero-order valence-electron chi connectivity index (χ0n) is 15.3. The fourth-order valence-corrected chi connectivity index (χ4v) is 4.75. The Morgan fingerprint density at radius 2 is 1.96 bits per heavy atom. The number of aromatic nitrogens is 3. The van der Waals surface area contributed by atoms with Crippen LogP contribution < -0.4 is 0 Å². The van der Waals surface area contributed by atoms with Crippen LogP contribution in [0, 0.1) is 0 Å². The van der Waals surface area contributed by atoms with Crippen LogP contribution in [0.3, 0.4) is 0 Å². The Morgan fingerprint density at radius 1 is 1.07 bits per heavy atom. The van der Waals surface area contributed by atoms with Crippen LogP contribution in [0.1, 0.15) is 24.9 Å². The van der Waals surface area contributed by atoms with Crippen molar-refractivity contribution < 1.29 is 4.42 Å². The molecule has 0 saturated carbocycles. The molecular formula is C20H19ClN4OS2. The summed E-state index contributed by atoms with van der Waals surface area (Å²) in [5, 5.41) is 14.2. The second-order valence-corrected chi connectivity index (χ2v) is 8.53. The zero-order chi connectivity index (χ0) is 19.3. The van der Waals surface area contributed by atoms with E-state index in [-0.39, 0.29) is 0 Å². The van der Waals surface area contributed by atoms with Crippen molar-refractivity contribution in [3.63, 3.8) is 0 Å². The van der Waals surface area contributed by atoms with E-state index in [1.54, 1.807) is 22.7 Å². The van der Waals surface area contributed by atoms with Gasteiger partial charge in [-0.2, -0.15) is 0 Å². The highest BCUT2D eigenvalue weighted by Crippen LogP contribution is 2.29. The van der Waals surface area contributed by atoms with E-state index in [0.717, 1.165) is 35.8 Å². The quantitative estimate of drug-likeness (QED) is 0.343. The number of benzene rings is 1. The van der Waals surface area contributed by atoms with Gasteiger partial charge in [0.2, 0.25) is 11.8 Å². The lowest BCUT2D eigenvalue weighted by Gasteiger charge is -2.18. The molecule has 3 heterocycles. The van der Waals surface area contributed by atoms with Crippen molar-refractivity contribution >= 4 is 34.3 Å². The van der Waals surface area contributed by atoms with Crippen molar-refractivity contribution in [1.82, 2.24) is 20.1 Å². The van der Waals surface area contributed by atoms with Crippen molar-refractivity contribution in [2.45, 2.75) is 26.4 Å². The molecule has 0 fully saturated rings. The van der Waals surface area contributed by atoms with Crippen LogP contribution in [0.2, 0.25) is 5.02 Å². The minimum atomic E-state index is 0.450. The monoisotopic (exact) mass is 430 g/mol. The molecule has 144 valence electrons. The van der Waals surface area contributed by atoms with E-state index in [0.29, 0.717) is 23.3 Å². The summed E-state index contributed by atoms with van der Waals surface area (Å²) < 4.78 is 5.86. The molecule has 28 heavy (non-hydrogen) atoms. The summed E-state index contributed by atoms with van der Waals surface area (Å²) in [5.74, 6) is 1.03. The summed E-state index contributed by atoms with van der Waals surface area (Å²) in [5.41, 5.74) is 1.82. The third-order valence-corrected chi connectivity index (χ3v) is 6.40. The first-order chi connectivity index (χ1) is 13.7. The van der Waals surface area contributed by atoms with Crippen molar-refractivity contribution in [1.29, 1.82) is 0 Å². The Morgan fingerprint density at radius 3 is 2.75 bits per heavy atom. The van der Waals surface area contributed by atoms with Gasteiger partial charge in [0.05, 0.1) is 27.7 Å². The van der Waals surface area contributed by atoms with E-state index in [1.165, 1.54) is 4.88 Å². The Labute approximate surface area is 176 Å². The Bertz CT molecular complexity index is 1030. The molecule has 5 nitrogen and oxygen atoms in total. The molecule has 0 aliphatic carbocycles. The lowest BCUT2D eigenvalue weighted by Crippen LogP contribution is -2.24. The summed E-state index contributed by atoms with van der Waals surface area (Å²) in [6.07, 6.45) is 1.04. The second kappa shape index (κ2) is 8.96. The third kappa shape index (κ3) is 4.50. The van der Waals surface area contributed by atoms with Gasteiger partial charge in [0.1, 0.15) is 5.01 Å². The lowest BCUT2D eigenvalue weighted by atomic mass is 10.2. The number of hydrogen-bond acceptors (Lipinski definition) is 7. The number of thiazole rings is 1. The average molecular weight is 431 g/mol. The van der Waals surface area contributed by atoms with Crippen LogP contribution in [0.25, 0.3) is 21.3 Å². The fraction of sp³-hybridized carbons (Fsp3) is 0.250. The Balaban J connectivity index is 1.46. The molecule has 0 unspecified atom stereocenters. The molecule has 0 atom stereocenters. The van der Waals surface area contributed by atoms with Gasteiger partial charge >= 0.3 is 0 Å². The first kappa shape index (κ1) is 19.3. The fourth-order valence-electron chi connectivity index (χ4n) is 2.90. The number of halogens is 1. The largest absolute Gasteiger partial charge is 0.419 e. The molecule has 0 saturated heterocycles. The molecule has 1 aromatic carbocycles. The van der Waals surface area contributed by atoms with Gasteiger partial charge in [0.15, 0.2) is 0 Å². The van der Waals surface area contributed by atoms with Gasteiger partial charge in [-0.3, -0.25) is 4.90 Å². The van der Waals surface area contributed by atoms with Gasteiger partial charge in [0, 0.05) is 11.9 Å². The second-order valence-electron chi connectivity index (χ2n) is 6.31. The smallest absolute Gasteiger partial charge is 0.249 e. The number of rotatable bonds is 8. The SMILES string of the molecule is CCCN(Cc1csc(-c2cccs2)n1)Cc1nnc(-c2ccccc2Cl)o1. The minimum Gasteiger partial charge on any atom is -0.419 e. The first-order valence-corrected chi connectivity index (χ1v) is 11.1. The maximum absolute atomic E-state index is 6.23. The predicted octanol–water partition coefficient (Wildman–Crippen LogP) is 5.99. The van der Waals surface area contributed by atoms with Gasteiger partial charge in [-0.1, -0.05) is 36.7 Å². The summed E-state index contributed by atoms with van der Waals surface area (Å²) in [6.45, 7) is 4.42.